The zero-order chi connectivity index (χ0) is 17.5. The molecule has 0 bridgehead atoms. The summed E-state index contributed by atoms with van der Waals surface area (Å²) < 4.78 is 18.7. The Morgan fingerprint density at radius 1 is 1.20 bits per heavy atom. The van der Waals surface area contributed by atoms with Crippen LogP contribution in [0.15, 0.2) is 29.3 Å². The van der Waals surface area contributed by atoms with Crippen LogP contribution in [-0.4, -0.2) is 63.3 Å². The molecule has 1 aromatic carbocycles. The number of benzene rings is 1. The summed E-state index contributed by atoms with van der Waals surface area (Å²) in [5.74, 6) is 1.58. The number of hydrogen-bond acceptors (Lipinski definition) is 3. The fraction of sp³-hybridized carbons (Fsp3) is 0.632. The molecular formula is C19H29FN4O. The second kappa shape index (κ2) is 9.04. The van der Waals surface area contributed by atoms with E-state index >= 15 is 0 Å². The molecule has 0 spiro atoms. The van der Waals surface area contributed by atoms with Crippen LogP contribution in [0.2, 0.25) is 0 Å². The Bertz CT molecular complexity index is 551. The van der Waals surface area contributed by atoms with Crippen molar-refractivity contribution in [2.24, 2.45) is 10.9 Å². The van der Waals surface area contributed by atoms with E-state index in [1.807, 2.05) is 12.1 Å². The lowest BCUT2D eigenvalue weighted by Gasteiger charge is -2.37. The first-order chi connectivity index (χ1) is 12.3. The number of hydrogen-bond donors (Lipinski definition) is 1. The van der Waals surface area contributed by atoms with Gasteiger partial charge in [0, 0.05) is 45.0 Å². The number of anilines is 1. The van der Waals surface area contributed by atoms with Gasteiger partial charge in [0.2, 0.25) is 0 Å². The standard InChI is InChI=1S/C19H29FN4O/c1-2-21-19(22-9-14-25-15-16-3-4-16)24-12-10-23(11-13-24)18-7-5-17(20)6-8-18/h5-8,16H,2-4,9-15H2,1H3,(H,21,22). The van der Waals surface area contributed by atoms with E-state index in [1.54, 1.807) is 0 Å². The molecule has 0 radical (unpaired) electrons. The molecule has 0 unspecified atom stereocenters. The molecule has 1 aromatic rings. The van der Waals surface area contributed by atoms with E-state index in [0.717, 1.165) is 56.9 Å². The number of aliphatic imine (C=N–C) groups is 1. The summed E-state index contributed by atoms with van der Waals surface area (Å²) in [6, 6.07) is 6.74. The monoisotopic (exact) mass is 348 g/mol. The van der Waals surface area contributed by atoms with Crippen molar-refractivity contribution in [3.8, 4) is 0 Å². The van der Waals surface area contributed by atoms with Gasteiger partial charge in [-0.2, -0.15) is 0 Å². The molecule has 6 heteroatoms. The predicted molar refractivity (Wildman–Crippen MR) is 99.7 cm³/mol. The van der Waals surface area contributed by atoms with Gasteiger partial charge >= 0.3 is 0 Å². The maximum absolute atomic E-state index is 13.1. The number of rotatable bonds is 7. The van der Waals surface area contributed by atoms with E-state index in [9.17, 15) is 4.39 Å². The highest BCUT2D eigenvalue weighted by atomic mass is 19.1. The first kappa shape index (κ1) is 18.0. The van der Waals surface area contributed by atoms with Gasteiger partial charge in [0.1, 0.15) is 5.82 Å². The van der Waals surface area contributed by atoms with Gasteiger partial charge in [0.05, 0.1) is 13.2 Å². The quantitative estimate of drug-likeness (QED) is 0.466. The average Bonchev–Trinajstić information content (AvgIpc) is 3.46. The molecule has 2 fully saturated rings. The van der Waals surface area contributed by atoms with Crippen molar-refractivity contribution < 1.29 is 9.13 Å². The van der Waals surface area contributed by atoms with Gasteiger partial charge in [-0.15, -0.1) is 0 Å². The summed E-state index contributed by atoms with van der Waals surface area (Å²) in [4.78, 5) is 9.29. The van der Waals surface area contributed by atoms with Crippen LogP contribution in [0.1, 0.15) is 19.8 Å². The smallest absolute Gasteiger partial charge is 0.194 e. The Labute approximate surface area is 149 Å². The highest BCUT2D eigenvalue weighted by Gasteiger charge is 2.21. The van der Waals surface area contributed by atoms with Gasteiger partial charge in [0.25, 0.3) is 0 Å². The SMILES string of the molecule is CCNC(=NCCOCC1CC1)N1CCN(c2ccc(F)cc2)CC1. The van der Waals surface area contributed by atoms with Crippen LogP contribution >= 0.6 is 0 Å². The Morgan fingerprint density at radius 2 is 1.92 bits per heavy atom. The Balaban J connectivity index is 1.46. The predicted octanol–water partition coefficient (Wildman–Crippen LogP) is 2.34. The highest BCUT2D eigenvalue weighted by Crippen LogP contribution is 2.28. The fourth-order valence-electron chi connectivity index (χ4n) is 3.00. The topological polar surface area (TPSA) is 40.1 Å². The third kappa shape index (κ3) is 5.59. The van der Waals surface area contributed by atoms with Crippen molar-refractivity contribution >= 4 is 11.6 Å². The third-order valence-corrected chi connectivity index (χ3v) is 4.65. The van der Waals surface area contributed by atoms with E-state index < -0.39 is 0 Å². The number of nitrogens with zero attached hydrogens (tertiary/aromatic N) is 3. The van der Waals surface area contributed by atoms with E-state index in [2.05, 4.69) is 22.0 Å². The van der Waals surface area contributed by atoms with Crippen LogP contribution in [-0.2, 0) is 4.74 Å². The van der Waals surface area contributed by atoms with Crippen LogP contribution in [0.25, 0.3) is 0 Å². The van der Waals surface area contributed by atoms with E-state index in [0.29, 0.717) is 13.2 Å². The molecule has 138 valence electrons. The van der Waals surface area contributed by atoms with Crippen LogP contribution in [0, 0.1) is 11.7 Å². The Morgan fingerprint density at radius 3 is 2.56 bits per heavy atom. The lowest BCUT2D eigenvalue weighted by atomic mass is 10.2. The van der Waals surface area contributed by atoms with Crippen molar-refractivity contribution in [1.82, 2.24) is 10.2 Å². The number of halogens is 1. The normalized spacial score (nSPS) is 18.6. The summed E-state index contributed by atoms with van der Waals surface area (Å²) in [5.41, 5.74) is 1.08. The van der Waals surface area contributed by atoms with Gasteiger partial charge in [-0.05, 0) is 49.9 Å². The minimum Gasteiger partial charge on any atom is -0.379 e. The van der Waals surface area contributed by atoms with Crippen molar-refractivity contribution in [3.63, 3.8) is 0 Å². The minimum absolute atomic E-state index is 0.187. The van der Waals surface area contributed by atoms with Gasteiger partial charge < -0.3 is 19.9 Å². The van der Waals surface area contributed by atoms with Crippen molar-refractivity contribution in [3.05, 3.63) is 30.1 Å². The molecule has 5 nitrogen and oxygen atoms in total. The largest absolute Gasteiger partial charge is 0.379 e. The highest BCUT2D eigenvalue weighted by molar-refractivity contribution is 5.80. The minimum atomic E-state index is -0.187. The number of guanidine groups is 1. The third-order valence-electron chi connectivity index (χ3n) is 4.65. The van der Waals surface area contributed by atoms with E-state index in [-0.39, 0.29) is 5.82 Å². The molecule has 0 amide bonds. The number of ether oxygens (including phenoxy) is 1. The first-order valence-corrected chi connectivity index (χ1v) is 9.38. The van der Waals surface area contributed by atoms with Gasteiger partial charge in [-0.25, -0.2) is 4.39 Å². The van der Waals surface area contributed by atoms with Crippen LogP contribution < -0.4 is 10.2 Å². The fourth-order valence-corrected chi connectivity index (χ4v) is 3.00. The van der Waals surface area contributed by atoms with Gasteiger partial charge in [-0.3, -0.25) is 4.99 Å². The van der Waals surface area contributed by atoms with Crippen molar-refractivity contribution in [2.45, 2.75) is 19.8 Å². The molecule has 1 saturated heterocycles. The molecule has 3 rings (SSSR count). The molecular weight excluding hydrogens is 319 g/mol. The molecule has 1 saturated carbocycles. The van der Waals surface area contributed by atoms with Crippen molar-refractivity contribution in [1.29, 1.82) is 0 Å². The second-order valence-electron chi connectivity index (χ2n) is 6.70. The molecule has 1 aliphatic carbocycles. The summed E-state index contributed by atoms with van der Waals surface area (Å²) in [6.45, 7) is 8.88. The lowest BCUT2D eigenvalue weighted by Crippen LogP contribution is -2.52. The molecule has 2 aliphatic rings. The van der Waals surface area contributed by atoms with Crippen LogP contribution in [0.5, 0.6) is 0 Å². The zero-order valence-electron chi connectivity index (χ0n) is 15.1. The van der Waals surface area contributed by atoms with E-state index in [4.69, 9.17) is 9.73 Å². The average molecular weight is 348 g/mol. The lowest BCUT2D eigenvalue weighted by molar-refractivity contribution is 0.131. The maximum atomic E-state index is 13.1. The molecule has 0 atom stereocenters. The van der Waals surface area contributed by atoms with Gasteiger partial charge in [0.15, 0.2) is 5.96 Å². The molecule has 1 N–H and O–H groups in total. The molecule has 1 aliphatic heterocycles. The first-order valence-electron chi connectivity index (χ1n) is 9.38. The number of piperazine rings is 1. The zero-order valence-corrected chi connectivity index (χ0v) is 15.1. The molecule has 25 heavy (non-hydrogen) atoms. The van der Waals surface area contributed by atoms with Crippen LogP contribution in [0.3, 0.4) is 0 Å². The number of nitrogens with one attached hydrogen (secondary N) is 1. The summed E-state index contributed by atoms with van der Waals surface area (Å²) in [5, 5.41) is 3.38. The summed E-state index contributed by atoms with van der Waals surface area (Å²) in [6.07, 6.45) is 2.65. The van der Waals surface area contributed by atoms with Crippen molar-refractivity contribution in [2.75, 3.05) is 57.4 Å². The van der Waals surface area contributed by atoms with Crippen LogP contribution in [0.4, 0.5) is 10.1 Å². The molecule has 0 aromatic heterocycles. The van der Waals surface area contributed by atoms with E-state index in [1.165, 1.54) is 25.0 Å². The Kier molecular flexibility index (Phi) is 6.50. The Hall–Kier alpha value is -1.82. The maximum Gasteiger partial charge on any atom is 0.194 e. The van der Waals surface area contributed by atoms with Gasteiger partial charge in [-0.1, -0.05) is 0 Å². The summed E-state index contributed by atoms with van der Waals surface area (Å²) in [7, 11) is 0. The summed E-state index contributed by atoms with van der Waals surface area (Å²) >= 11 is 0. The second-order valence-corrected chi connectivity index (χ2v) is 6.70. The molecule has 1 heterocycles.